The lowest BCUT2D eigenvalue weighted by Crippen LogP contribution is -2.30. The van der Waals surface area contributed by atoms with Crippen LogP contribution in [0.4, 0.5) is 4.39 Å². The average molecular weight is 487 g/mol. The molecule has 0 saturated heterocycles. The first kappa shape index (κ1) is 29.7. The molecule has 0 atom stereocenters. The fourth-order valence-electron chi connectivity index (χ4n) is 2.00. The van der Waals surface area contributed by atoms with Crippen LogP contribution in [-0.2, 0) is 19.4 Å². The second kappa shape index (κ2) is 14.0. The highest BCUT2D eigenvalue weighted by Crippen LogP contribution is 2.09. The second-order valence-electron chi connectivity index (χ2n) is 6.49. The van der Waals surface area contributed by atoms with Crippen molar-refractivity contribution in [2.45, 2.75) is 4.90 Å². The van der Waals surface area contributed by atoms with E-state index in [0.29, 0.717) is 5.46 Å². The summed E-state index contributed by atoms with van der Waals surface area (Å²) in [6.07, 6.45) is 1.07. The van der Waals surface area contributed by atoms with E-state index in [2.05, 4.69) is 0 Å². The van der Waals surface area contributed by atoms with Gasteiger partial charge in [-0.05, 0) is 48.9 Å². The van der Waals surface area contributed by atoms with Gasteiger partial charge in [0.1, 0.15) is 5.82 Å². The van der Waals surface area contributed by atoms with E-state index in [1.54, 1.807) is 0 Å². The van der Waals surface area contributed by atoms with Gasteiger partial charge in [-0.1, -0.05) is 12.1 Å². The molecule has 33 heavy (non-hydrogen) atoms. The minimum atomic E-state index is -3.24. The van der Waals surface area contributed by atoms with Gasteiger partial charge in [0.05, 0.1) is 23.5 Å². The zero-order chi connectivity index (χ0) is 25.8. The monoisotopic (exact) mass is 487 g/mol. The first-order chi connectivity index (χ1) is 15.1. The molecule has 0 bridgehead atoms. The Morgan fingerprint density at radius 1 is 0.879 bits per heavy atom. The van der Waals surface area contributed by atoms with E-state index in [1.165, 1.54) is 60.5 Å². The van der Waals surface area contributed by atoms with Crippen LogP contribution < -0.4 is 5.46 Å². The highest BCUT2D eigenvalue weighted by molar-refractivity contribution is 7.90. The Hall–Kier alpha value is -3.33. The second-order valence-corrected chi connectivity index (χ2v) is 8.50. The Morgan fingerprint density at radius 2 is 1.30 bits per heavy atom. The Balaban J connectivity index is 0.000000472. The number of likely N-dealkylation sites (N-methyl/N-ethyl adjacent to an activating group) is 1. The summed E-state index contributed by atoms with van der Waals surface area (Å²) in [7, 11) is -3.32. The Kier molecular flexibility index (Phi) is 12.5. The number of nitrogens with zero attached hydrogens (tertiary/aromatic N) is 1. The van der Waals surface area contributed by atoms with Gasteiger partial charge in [-0.25, -0.2) is 17.6 Å². The van der Waals surface area contributed by atoms with Gasteiger partial charge in [0.2, 0.25) is 0 Å². The number of aromatic carboxylic acids is 1. The molecule has 14 heteroatoms. The van der Waals surface area contributed by atoms with Gasteiger partial charge in [0, 0.05) is 6.26 Å². The Bertz CT molecular complexity index is 1010. The lowest BCUT2D eigenvalue weighted by atomic mass is 9.80. The van der Waals surface area contributed by atoms with Gasteiger partial charge in [-0.15, -0.1) is 0 Å². The molecule has 180 valence electrons. The molecule has 2 aromatic carbocycles. The maximum absolute atomic E-state index is 12.2. The number of rotatable bonds is 7. The van der Waals surface area contributed by atoms with Gasteiger partial charge >= 0.3 is 25.0 Å². The lowest BCUT2D eigenvalue weighted by Gasteiger charge is -2.08. The van der Waals surface area contributed by atoms with Crippen LogP contribution in [0.5, 0.6) is 0 Å². The third-order valence-corrected chi connectivity index (χ3v) is 4.64. The molecule has 0 fully saturated rings. The SMILES string of the molecule is CN(CC(=O)O)CC(=O)O.CS(=O)(=O)c1ccc(C(=O)O)cc1.OB(O)c1ccc(F)cc1. The molecule has 0 saturated carbocycles. The molecule has 0 heterocycles. The zero-order valence-electron chi connectivity index (χ0n) is 17.6. The molecule has 0 aliphatic rings. The van der Waals surface area contributed by atoms with Gasteiger partial charge < -0.3 is 25.4 Å². The standard InChI is InChI=1S/C8H8O4S.C6H6BFO2.C5H9NO4/c1-13(11,12)7-4-2-6(3-5-7)8(9)10;8-6-3-1-5(2-4-6)7(9)10;1-6(2-4(7)8)3-5(9)10/h2-5H,1H3,(H,9,10);1-4,9-10H;2-3H2,1H3,(H,7,8)(H,9,10). The molecule has 0 aromatic heterocycles. The molecule has 0 radical (unpaired) electrons. The smallest absolute Gasteiger partial charge is 0.480 e. The molecule has 0 aliphatic carbocycles. The Morgan fingerprint density at radius 3 is 1.61 bits per heavy atom. The largest absolute Gasteiger partial charge is 0.488 e. The number of carboxylic acid groups (broad SMARTS) is 3. The summed E-state index contributed by atoms with van der Waals surface area (Å²) in [5.74, 6) is -3.50. The average Bonchev–Trinajstić information content (AvgIpc) is 2.67. The lowest BCUT2D eigenvalue weighted by molar-refractivity contribution is -0.141. The summed E-state index contributed by atoms with van der Waals surface area (Å²) in [4.78, 5) is 31.6. The van der Waals surface area contributed by atoms with E-state index in [0.717, 1.165) is 6.26 Å². The van der Waals surface area contributed by atoms with Crippen LogP contribution in [0.2, 0.25) is 0 Å². The number of aliphatic carboxylic acids is 2. The van der Waals surface area contributed by atoms with Crippen molar-refractivity contribution in [2.75, 3.05) is 26.4 Å². The molecule has 0 aliphatic heterocycles. The van der Waals surface area contributed by atoms with Crippen molar-refractivity contribution < 1.29 is 52.6 Å². The van der Waals surface area contributed by atoms with Crippen LogP contribution in [0.3, 0.4) is 0 Å². The number of carbonyl (C=O) groups is 3. The van der Waals surface area contributed by atoms with Gasteiger partial charge in [0.25, 0.3) is 0 Å². The van der Waals surface area contributed by atoms with Gasteiger partial charge in [-0.2, -0.15) is 0 Å². The number of hydrogen-bond donors (Lipinski definition) is 5. The third kappa shape index (κ3) is 13.6. The maximum Gasteiger partial charge on any atom is 0.488 e. The first-order valence-electron chi connectivity index (χ1n) is 8.90. The van der Waals surface area contributed by atoms with Gasteiger partial charge in [0.15, 0.2) is 9.84 Å². The maximum atomic E-state index is 12.2. The molecule has 0 amide bonds. The highest BCUT2D eigenvalue weighted by Gasteiger charge is 2.09. The molecule has 0 spiro atoms. The van der Waals surface area contributed by atoms with Crippen molar-refractivity contribution in [1.29, 1.82) is 0 Å². The molecular formula is C19H23BFNO10S. The van der Waals surface area contributed by atoms with E-state index < -0.39 is 34.9 Å². The van der Waals surface area contributed by atoms with E-state index in [-0.39, 0.29) is 29.4 Å². The van der Waals surface area contributed by atoms with Crippen molar-refractivity contribution in [2.24, 2.45) is 0 Å². The van der Waals surface area contributed by atoms with Crippen LogP contribution in [0.15, 0.2) is 53.4 Å². The molecular weight excluding hydrogens is 464 g/mol. The predicted molar refractivity (Wildman–Crippen MR) is 116 cm³/mol. The van der Waals surface area contributed by atoms with E-state index in [9.17, 15) is 27.2 Å². The van der Waals surface area contributed by atoms with E-state index in [4.69, 9.17) is 25.4 Å². The number of carboxylic acids is 3. The van der Waals surface area contributed by atoms with Gasteiger partial charge in [-0.3, -0.25) is 14.5 Å². The summed E-state index contributed by atoms with van der Waals surface area (Å²) in [6.45, 7) is -0.488. The normalized spacial score (nSPS) is 10.2. The van der Waals surface area contributed by atoms with Crippen molar-refractivity contribution >= 4 is 40.3 Å². The van der Waals surface area contributed by atoms with Crippen LogP contribution >= 0.6 is 0 Å². The number of sulfone groups is 1. The quantitative estimate of drug-likeness (QED) is 0.313. The molecule has 5 N–H and O–H groups in total. The summed E-state index contributed by atoms with van der Waals surface area (Å²) in [5.41, 5.74) is 0.369. The fraction of sp³-hybridized carbons (Fsp3) is 0.211. The van der Waals surface area contributed by atoms with Crippen molar-refractivity contribution in [3.63, 3.8) is 0 Å². The van der Waals surface area contributed by atoms with Crippen LogP contribution in [0, 0.1) is 5.82 Å². The molecule has 11 nitrogen and oxygen atoms in total. The van der Waals surface area contributed by atoms with Crippen LogP contribution in [0.1, 0.15) is 10.4 Å². The fourth-order valence-corrected chi connectivity index (χ4v) is 2.63. The summed E-state index contributed by atoms with van der Waals surface area (Å²) >= 11 is 0. The number of benzene rings is 2. The minimum absolute atomic E-state index is 0.0763. The van der Waals surface area contributed by atoms with Crippen LogP contribution in [0.25, 0.3) is 0 Å². The summed E-state index contributed by atoms with van der Waals surface area (Å²) in [6, 6.07) is 10.1. The zero-order valence-corrected chi connectivity index (χ0v) is 18.4. The molecule has 2 rings (SSSR count). The number of hydrogen-bond acceptors (Lipinski definition) is 8. The number of halogens is 1. The highest BCUT2D eigenvalue weighted by atomic mass is 32.2. The molecule has 0 unspecified atom stereocenters. The summed E-state index contributed by atoms with van der Waals surface area (Å²) in [5, 5.41) is 41.9. The minimum Gasteiger partial charge on any atom is -0.480 e. The Labute approximate surface area is 189 Å². The molecule has 2 aromatic rings. The van der Waals surface area contributed by atoms with Crippen LogP contribution in [-0.4, -0.2) is 90.1 Å². The first-order valence-corrected chi connectivity index (χ1v) is 10.8. The van der Waals surface area contributed by atoms with Crippen molar-refractivity contribution in [3.05, 3.63) is 59.9 Å². The third-order valence-electron chi connectivity index (χ3n) is 3.51. The van der Waals surface area contributed by atoms with E-state index in [1.807, 2.05) is 0 Å². The van der Waals surface area contributed by atoms with Crippen molar-refractivity contribution in [3.8, 4) is 0 Å². The topological polar surface area (TPSA) is 190 Å². The van der Waals surface area contributed by atoms with Crippen molar-refractivity contribution in [1.82, 2.24) is 4.90 Å². The summed E-state index contributed by atoms with van der Waals surface area (Å²) < 4.78 is 34.1. The van der Waals surface area contributed by atoms with E-state index >= 15 is 0 Å². The predicted octanol–water partition coefficient (Wildman–Crippen LogP) is -0.619.